The van der Waals surface area contributed by atoms with Crippen LogP contribution in [-0.2, 0) is 0 Å². The maximum atomic E-state index is 10.5. The minimum atomic E-state index is -1.26. The lowest BCUT2D eigenvalue weighted by molar-refractivity contribution is -0.0722. The summed E-state index contributed by atoms with van der Waals surface area (Å²) in [7, 11) is 0. The lowest BCUT2D eigenvalue weighted by Crippen LogP contribution is -2.57. The molecule has 158 valence electrons. The van der Waals surface area contributed by atoms with E-state index >= 15 is 0 Å². The van der Waals surface area contributed by atoms with Gasteiger partial charge in [0.05, 0.1) is 30.5 Å². The number of rotatable bonds is 9. The number of hydrogen-bond acceptors (Lipinski definition) is 7. The lowest BCUT2D eigenvalue weighted by Gasteiger charge is -2.33. The molecule has 0 saturated carbocycles. The molecule has 0 heterocycles. The summed E-state index contributed by atoms with van der Waals surface area (Å²) in [5.74, 6) is 0. The topological polar surface area (TPSA) is 137 Å². The van der Waals surface area contributed by atoms with Gasteiger partial charge < -0.3 is 41.5 Å². The van der Waals surface area contributed by atoms with Crippen LogP contribution in [0.1, 0.15) is 39.5 Å². The molecule has 0 amide bonds. The van der Waals surface area contributed by atoms with Crippen LogP contribution in [0.3, 0.4) is 0 Å². The Balaban J connectivity index is 2.76. The van der Waals surface area contributed by atoms with Crippen LogP contribution in [0.2, 0.25) is 0 Å². The van der Waals surface area contributed by atoms with Crippen molar-refractivity contribution in [1.82, 2.24) is 16.0 Å². The van der Waals surface area contributed by atoms with E-state index in [1.807, 2.05) is 19.9 Å². The van der Waals surface area contributed by atoms with Gasteiger partial charge in [0.2, 0.25) is 0 Å². The molecule has 0 radical (unpaired) electrons. The average molecular weight is 406 g/mol. The molecule has 8 N–H and O–H groups in total. The Labute approximate surface area is 166 Å². The average Bonchev–Trinajstić information content (AvgIpc) is 2.64. The first-order valence-electron chi connectivity index (χ1n) is 9.63. The monoisotopic (exact) mass is 405 g/mol. The van der Waals surface area contributed by atoms with E-state index < -0.39 is 42.6 Å². The summed E-state index contributed by atoms with van der Waals surface area (Å²) in [5.41, 5.74) is 0. The van der Waals surface area contributed by atoms with Crippen molar-refractivity contribution < 1.29 is 25.5 Å². The highest BCUT2D eigenvalue weighted by molar-refractivity contribution is 7.80. The zero-order valence-electron chi connectivity index (χ0n) is 16.1. The van der Waals surface area contributed by atoms with E-state index in [2.05, 4.69) is 16.0 Å². The van der Waals surface area contributed by atoms with Crippen molar-refractivity contribution in [2.45, 2.75) is 82.1 Å². The van der Waals surface area contributed by atoms with Crippen LogP contribution in [-0.4, -0.2) is 86.3 Å². The standard InChI is InChI=1S/C18H35N3O5S/c1-3-11(22)9-15(24)13(21-18(27)19-4-2)10-20-12-7-5-6-8-14(23)17(26)16(12)25/h5-6,11-17,20,22-26H,3-4,7-10H2,1-2H3,(H2,19,21,27)/b6-5-. The lowest BCUT2D eigenvalue weighted by atomic mass is 9.93. The molecule has 1 rings (SSSR count). The summed E-state index contributed by atoms with van der Waals surface area (Å²) in [6.45, 7) is 4.63. The Kier molecular flexibility index (Phi) is 11.3. The van der Waals surface area contributed by atoms with Gasteiger partial charge in [-0.1, -0.05) is 19.1 Å². The predicted molar refractivity (Wildman–Crippen MR) is 108 cm³/mol. The second-order valence-corrected chi connectivity index (χ2v) is 7.39. The van der Waals surface area contributed by atoms with Crippen molar-refractivity contribution in [1.29, 1.82) is 0 Å². The van der Waals surface area contributed by atoms with Gasteiger partial charge in [-0.25, -0.2) is 0 Å². The smallest absolute Gasteiger partial charge is 0.166 e. The van der Waals surface area contributed by atoms with E-state index in [0.717, 1.165) is 0 Å². The summed E-state index contributed by atoms with van der Waals surface area (Å²) in [4.78, 5) is 0. The zero-order valence-corrected chi connectivity index (χ0v) is 16.9. The second-order valence-electron chi connectivity index (χ2n) is 6.98. The first-order valence-corrected chi connectivity index (χ1v) is 10.0. The molecule has 1 aliphatic carbocycles. The van der Waals surface area contributed by atoms with Crippen LogP contribution >= 0.6 is 12.2 Å². The molecular formula is C18H35N3O5S. The van der Waals surface area contributed by atoms with Gasteiger partial charge in [0, 0.05) is 25.6 Å². The molecule has 0 aromatic rings. The van der Waals surface area contributed by atoms with Crippen LogP contribution in [0.25, 0.3) is 0 Å². The van der Waals surface area contributed by atoms with Gasteiger partial charge in [-0.05, 0) is 38.4 Å². The van der Waals surface area contributed by atoms with Gasteiger partial charge >= 0.3 is 0 Å². The Morgan fingerprint density at radius 2 is 1.78 bits per heavy atom. The Hall–Kier alpha value is -0.810. The SMILES string of the molecule is CCNC(=S)NC(CNC1C/C=C\CC(O)C(O)C1O)C(O)CC(O)CC. The summed E-state index contributed by atoms with van der Waals surface area (Å²) in [6.07, 6.45) is 0.201. The molecule has 9 heteroatoms. The third-order valence-corrected chi connectivity index (χ3v) is 5.06. The maximum Gasteiger partial charge on any atom is 0.166 e. The number of aliphatic hydroxyl groups excluding tert-OH is 5. The fourth-order valence-electron chi connectivity index (χ4n) is 2.98. The zero-order chi connectivity index (χ0) is 20.4. The second kappa shape index (κ2) is 12.6. The number of nitrogens with one attached hydrogen (secondary N) is 3. The third-order valence-electron chi connectivity index (χ3n) is 4.79. The van der Waals surface area contributed by atoms with Gasteiger partial charge in [0.15, 0.2) is 5.11 Å². The summed E-state index contributed by atoms with van der Waals surface area (Å²) < 4.78 is 0. The van der Waals surface area contributed by atoms with E-state index in [4.69, 9.17) is 12.2 Å². The summed E-state index contributed by atoms with van der Waals surface area (Å²) >= 11 is 5.20. The Morgan fingerprint density at radius 3 is 2.41 bits per heavy atom. The molecule has 1 aliphatic rings. The Morgan fingerprint density at radius 1 is 1.11 bits per heavy atom. The molecule has 0 saturated heterocycles. The maximum absolute atomic E-state index is 10.5. The van der Waals surface area contributed by atoms with Crippen molar-refractivity contribution in [2.24, 2.45) is 0 Å². The molecule has 0 aliphatic heterocycles. The van der Waals surface area contributed by atoms with Crippen LogP contribution in [0.4, 0.5) is 0 Å². The van der Waals surface area contributed by atoms with E-state index in [1.54, 1.807) is 6.08 Å². The van der Waals surface area contributed by atoms with Gasteiger partial charge in [0.25, 0.3) is 0 Å². The molecule has 0 spiro atoms. The minimum absolute atomic E-state index is 0.193. The van der Waals surface area contributed by atoms with Gasteiger partial charge in [0.1, 0.15) is 6.10 Å². The number of thiocarbonyl (C=S) groups is 1. The fourth-order valence-corrected chi connectivity index (χ4v) is 3.27. The molecule has 27 heavy (non-hydrogen) atoms. The van der Waals surface area contributed by atoms with Crippen LogP contribution in [0.15, 0.2) is 12.2 Å². The van der Waals surface area contributed by atoms with Crippen molar-refractivity contribution >= 4 is 17.3 Å². The van der Waals surface area contributed by atoms with Crippen LogP contribution in [0, 0.1) is 0 Å². The van der Waals surface area contributed by atoms with Crippen molar-refractivity contribution in [3.63, 3.8) is 0 Å². The normalized spacial score (nSPS) is 30.5. The van der Waals surface area contributed by atoms with Crippen molar-refractivity contribution in [3.05, 3.63) is 12.2 Å². The summed E-state index contributed by atoms with van der Waals surface area (Å²) in [6, 6.07) is -0.993. The molecule has 7 atom stereocenters. The highest BCUT2D eigenvalue weighted by Crippen LogP contribution is 2.15. The van der Waals surface area contributed by atoms with Crippen LogP contribution < -0.4 is 16.0 Å². The molecule has 0 aromatic heterocycles. The first-order chi connectivity index (χ1) is 12.8. The quantitative estimate of drug-likeness (QED) is 0.175. The van der Waals surface area contributed by atoms with Crippen molar-refractivity contribution in [2.75, 3.05) is 13.1 Å². The number of hydrogen-bond donors (Lipinski definition) is 8. The predicted octanol–water partition coefficient (Wildman–Crippen LogP) is -1.25. The van der Waals surface area contributed by atoms with Gasteiger partial charge in [-0.2, -0.15) is 0 Å². The molecule has 0 aromatic carbocycles. The third kappa shape index (κ3) is 8.39. The van der Waals surface area contributed by atoms with E-state index in [1.165, 1.54) is 0 Å². The summed E-state index contributed by atoms with van der Waals surface area (Å²) in [5, 5.41) is 60.1. The molecule has 0 fully saturated rings. The first kappa shape index (κ1) is 24.2. The largest absolute Gasteiger partial charge is 0.393 e. The van der Waals surface area contributed by atoms with Crippen molar-refractivity contribution in [3.8, 4) is 0 Å². The van der Waals surface area contributed by atoms with Crippen LogP contribution in [0.5, 0.6) is 0 Å². The highest BCUT2D eigenvalue weighted by Gasteiger charge is 2.32. The Bertz CT molecular complexity index is 468. The highest BCUT2D eigenvalue weighted by atomic mass is 32.1. The van der Waals surface area contributed by atoms with Gasteiger partial charge in [-0.3, -0.25) is 0 Å². The molecule has 0 bridgehead atoms. The van der Waals surface area contributed by atoms with Gasteiger partial charge in [-0.15, -0.1) is 0 Å². The van der Waals surface area contributed by atoms with E-state index in [0.29, 0.717) is 30.9 Å². The fraction of sp³-hybridized carbons (Fsp3) is 0.833. The number of aliphatic hydroxyl groups is 5. The van der Waals surface area contributed by atoms with E-state index in [9.17, 15) is 25.5 Å². The molecular weight excluding hydrogens is 370 g/mol. The minimum Gasteiger partial charge on any atom is -0.393 e. The van der Waals surface area contributed by atoms with E-state index in [-0.39, 0.29) is 13.0 Å². The molecule has 8 nitrogen and oxygen atoms in total. The molecule has 7 unspecified atom stereocenters.